The van der Waals surface area contributed by atoms with Gasteiger partial charge in [-0.15, -0.1) is 11.3 Å². The molecular formula is C11H14N2O2S. The van der Waals surface area contributed by atoms with Crippen LogP contribution >= 0.6 is 11.3 Å². The molecule has 1 saturated carbocycles. The van der Waals surface area contributed by atoms with E-state index in [1.165, 1.54) is 12.8 Å². The molecule has 0 aliphatic heterocycles. The summed E-state index contributed by atoms with van der Waals surface area (Å²) in [5, 5.41) is 1.14. The van der Waals surface area contributed by atoms with Crippen LogP contribution in [0.3, 0.4) is 0 Å². The van der Waals surface area contributed by atoms with Gasteiger partial charge in [-0.2, -0.15) is 0 Å². The normalized spacial score (nSPS) is 16.2. The second-order valence-electron chi connectivity index (χ2n) is 3.70. The summed E-state index contributed by atoms with van der Waals surface area (Å²) in [5.74, 6) is 0.167. The van der Waals surface area contributed by atoms with Crippen molar-refractivity contribution in [2.24, 2.45) is 5.73 Å². The maximum atomic E-state index is 11.3. The van der Waals surface area contributed by atoms with Gasteiger partial charge in [0, 0.05) is 17.0 Å². The van der Waals surface area contributed by atoms with Crippen molar-refractivity contribution in [2.45, 2.75) is 25.7 Å². The number of nitrogens with zero attached hydrogens (tertiary/aromatic N) is 1. The maximum absolute atomic E-state index is 11.3. The number of nitrogens with two attached hydrogens (primary N) is 1. The molecule has 0 amide bonds. The number of hydrogen-bond acceptors (Lipinski definition) is 5. The summed E-state index contributed by atoms with van der Waals surface area (Å²) in [7, 11) is 0. The van der Waals surface area contributed by atoms with Gasteiger partial charge in [-0.1, -0.05) is 0 Å². The van der Waals surface area contributed by atoms with Crippen LogP contribution < -0.4 is 5.73 Å². The van der Waals surface area contributed by atoms with Crippen LogP contribution in [-0.4, -0.2) is 17.6 Å². The van der Waals surface area contributed by atoms with Crippen LogP contribution in [-0.2, 0) is 9.53 Å². The quantitative estimate of drug-likeness (QED) is 0.642. The van der Waals surface area contributed by atoms with E-state index in [1.807, 2.05) is 0 Å². The number of carbonyl (C=O) groups excluding carboxylic acids is 1. The first-order valence-electron chi connectivity index (χ1n) is 5.30. The molecule has 4 nitrogen and oxygen atoms in total. The average molecular weight is 238 g/mol. The number of esters is 1. The van der Waals surface area contributed by atoms with Crippen molar-refractivity contribution in [1.82, 2.24) is 4.98 Å². The van der Waals surface area contributed by atoms with E-state index in [0.717, 1.165) is 9.88 Å². The Morgan fingerprint density at radius 1 is 1.75 bits per heavy atom. The SMILES string of the molecule is CCOC(=O)/C(N)=C/c1cnc(C2CC2)s1. The predicted molar refractivity (Wildman–Crippen MR) is 62.9 cm³/mol. The fourth-order valence-corrected chi connectivity index (χ4v) is 2.35. The fourth-order valence-electron chi connectivity index (χ4n) is 1.31. The summed E-state index contributed by atoms with van der Waals surface area (Å²) >= 11 is 1.59. The van der Waals surface area contributed by atoms with Gasteiger partial charge in [0.1, 0.15) is 5.70 Å². The van der Waals surface area contributed by atoms with E-state index in [-0.39, 0.29) is 5.70 Å². The maximum Gasteiger partial charge on any atom is 0.354 e. The molecule has 1 aliphatic carbocycles. The monoisotopic (exact) mass is 238 g/mol. The van der Waals surface area contributed by atoms with Crippen molar-refractivity contribution in [1.29, 1.82) is 0 Å². The van der Waals surface area contributed by atoms with Crippen molar-refractivity contribution >= 4 is 23.4 Å². The van der Waals surface area contributed by atoms with Gasteiger partial charge in [-0.3, -0.25) is 0 Å². The highest BCUT2D eigenvalue weighted by molar-refractivity contribution is 7.12. The minimum Gasteiger partial charge on any atom is -0.461 e. The van der Waals surface area contributed by atoms with E-state index in [0.29, 0.717) is 12.5 Å². The van der Waals surface area contributed by atoms with E-state index in [2.05, 4.69) is 4.98 Å². The lowest BCUT2D eigenvalue weighted by molar-refractivity contribution is -0.138. The van der Waals surface area contributed by atoms with Crippen molar-refractivity contribution in [3.63, 3.8) is 0 Å². The van der Waals surface area contributed by atoms with Crippen molar-refractivity contribution < 1.29 is 9.53 Å². The van der Waals surface area contributed by atoms with Crippen LogP contribution in [0.25, 0.3) is 6.08 Å². The van der Waals surface area contributed by atoms with Gasteiger partial charge in [0.15, 0.2) is 0 Å². The Morgan fingerprint density at radius 3 is 3.12 bits per heavy atom. The fraction of sp³-hybridized carbons (Fsp3) is 0.455. The van der Waals surface area contributed by atoms with E-state index in [1.54, 1.807) is 30.5 Å². The molecule has 0 aromatic carbocycles. The van der Waals surface area contributed by atoms with Crippen LogP contribution in [0.4, 0.5) is 0 Å². The zero-order valence-electron chi connectivity index (χ0n) is 9.10. The summed E-state index contributed by atoms with van der Waals surface area (Å²) in [6.07, 6.45) is 5.83. The number of carbonyl (C=O) groups is 1. The van der Waals surface area contributed by atoms with E-state index < -0.39 is 5.97 Å². The second-order valence-corrected chi connectivity index (χ2v) is 4.79. The zero-order valence-corrected chi connectivity index (χ0v) is 9.92. The highest BCUT2D eigenvalue weighted by Crippen LogP contribution is 2.41. The van der Waals surface area contributed by atoms with Gasteiger partial charge in [-0.05, 0) is 25.8 Å². The molecule has 16 heavy (non-hydrogen) atoms. The number of thiazole rings is 1. The number of rotatable bonds is 4. The Morgan fingerprint density at radius 2 is 2.50 bits per heavy atom. The van der Waals surface area contributed by atoms with Gasteiger partial charge in [0.05, 0.1) is 11.6 Å². The first-order valence-corrected chi connectivity index (χ1v) is 6.12. The summed E-state index contributed by atoms with van der Waals surface area (Å²) in [5.41, 5.74) is 5.73. The molecule has 0 bridgehead atoms. The second kappa shape index (κ2) is 4.65. The summed E-state index contributed by atoms with van der Waals surface area (Å²) in [4.78, 5) is 16.5. The van der Waals surface area contributed by atoms with Crippen LogP contribution in [0, 0.1) is 0 Å². The molecular weight excluding hydrogens is 224 g/mol. The molecule has 0 atom stereocenters. The Kier molecular flexibility index (Phi) is 3.24. The Hall–Kier alpha value is -1.36. The van der Waals surface area contributed by atoms with Crippen molar-refractivity contribution in [2.75, 3.05) is 6.61 Å². The molecule has 2 N–H and O–H groups in total. The minimum absolute atomic E-state index is 0.132. The van der Waals surface area contributed by atoms with Gasteiger partial charge in [0.2, 0.25) is 0 Å². The zero-order chi connectivity index (χ0) is 11.5. The summed E-state index contributed by atoms with van der Waals surface area (Å²) in [6.45, 7) is 2.09. The average Bonchev–Trinajstić information content (AvgIpc) is 3.01. The smallest absolute Gasteiger partial charge is 0.354 e. The third-order valence-electron chi connectivity index (χ3n) is 2.28. The van der Waals surface area contributed by atoms with Crippen molar-refractivity contribution in [3.8, 4) is 0 Å². The number of aromatic nitrogens is 1. The predicted octanol–water partition coefficient (Wildman–Crippen LogP) is 1.88. The highest BCUT2D eigenvalue weighted by Gasteiger charge is 2.26. The minimum atomic E-state index is -0.469. The highest BCUT2D eigenvalue weighted by atomic mass is 32.1. The Bertz CT molecular complexity index is 421. The van der Waals surface area contributed by atoms with Gasteiger partial charge >= 0.3 is 5.97 Å². The van der Waals surface area contributed by atoms with E-state index in [4.69, 9.17) is 10.5 Å². The van der Waals surface area contributed by atoms with Crippen LogP contribution in [0.1, 0.15) is 35.6 Å². The summed E-state index contributed by atoms with van der Waals surface area (Å²) < 4.78 is 4.79. The molecule has 1 aliphatic rings. The lowest BCUT2D eigenvalue weighted by atomic mass is 10.4. The van der Waals surface area contributed by atoms with Crippen molar-refractivity contribution in [3.05, 3.63) is 21.8 Å². The number of ether oxygens (including phenoxy) is 1. The molecule has 1 fully saturated rings. The third kappa shape index (κ3) is 2.61. The molecule has 0 saturated heterocycles. The van der Waals surface area contributed by atoms with Crippen LogP contribution in [0.15, 0.2) is 11.9 Å². The summed E-state index contributed by atoms with van der Waals surface area (Å²) in [6, 6.07) is 0. The molecule has 2 rings (SSSR count). The number of hydrogen-bond donors (Lipinski definition) is 1. The van der Waals surface area contributed by atoms with E-state index >= 15 is 0 Å². The lowest BCUT2D eigenvalue weighted by Crippen LogP contribution is -2.14. The molecule has 0 spiro atoms. The molecule has 1 aromatic heterocycles. The third-order valence-corrected chi connectivity index (χ3v) is 3.38. The molecule has 5 heteroatoms. The van der Waals surface area contributed by atoms with E-state index in [9.17, 15) is 4.79 Å². The first-order chi connectivity index (χ1) is 7.70. The topological polar surface area (TPSA) is 65.2 Å². The Labute approximate surface area is 98.1 Å². The molecule has 0 unspecified atom stereocenters. The first kappa shape index (κ1) is 11.1. The van der Waals surface area contributed by atoms with Crippen LogP contribution in [0.2, 0.25) is 0 Å². The lowest BCUT2D eigenvalue weighted by Gasteiger charge is -1.99. The van der Waals surface area contributed by atoms with Gasteiger partial charge in [0.25, 0.3) is 0 Å². The van der Waals surface area contributed by atoms with Gasteiger partial charge < -0.3 is 10.5 Å². The molecule has 0 radical (unpaired) electrons. The Balaban J connectivity index is 2.05. The molecule has 1 heterocycles. The molecule has 1 aromatic rings. The van der Waals surface area contributed by atoms with Crippen LogP contribution in [0.5, 0.6) is 0 Å². The standard InChI is InChI=1S/C11H14N2O2S/c1-2-15-11(14)9(12)5-8-6-13-10(16-8)7-3-4-7/h5-7H,2-4,12H2,1H3/b9-5-. The largest absolute Gasteiger partial charge is 0.461 e. The molecule has 86 valence electrons. The van der Waals surface area contributed by atoms with Gasteiger partial charge in [-0.25, -0.2) is 9.78 Å².